The van der Waals surface area contributed by atoms with Crippen molar-refractivity contribution in [1.29, 1.82) is 0 Å². The normalized spacial score (nSPS) is 23.8. The lowest BCUT2D eigenvalue weighted by Gasteiger charge is -2.33. The Balaban J connectivity index is 1.45. The smallest absolute Gasteiger partial charge is 0.460 e. The van der Waals surface area contributed by atoms with E-state index in [1.54, 1.807) is 6.08 Å². The Bertz CT molecular complexity index is 1200. The number of phosphoric acid groups is 1. The first-order valence-corrected chi connectivity index (χ1v) is 22.4. The third kappa shape index (κ3) is 23.2. The fraction of sp³-hybridized carbons (Fsp3) is 0.914. The maximum atomic E-state index is 11.9. The molecule has 2 saturated heterocycles. The molecule has 0 amide bonds. The lowest BCUT2D eigenvalue weighted by atomic mass is 9.94. The standard InChI is InChI=1S/C35H67N2O15PS/c36-22-24-48-53(41,42)49-28-30(38)27-47-33(40)18-14-10-8-9-13-17-32-34-31(39)19-21-35(51-32,52-34)20-15-11-6-4-2-1-3-5-7-12-16-23-46-25-29(37)26-50-54(43,44)45/h14,18,29-32,34,38-39H,1-13,15-17,19-28,36-37H2,(H,41,42)(H,43,44,45)/b18-14+/t29?,30-,31-,32-,34-,35+/m1/s1. The largest absolute Gasteiger partial charge is 0.472 e. The Morgan fingerprint density at radius 3 is 2.20 bits per heavy atom. The van der Waals surface area contributed by atoms with Crippen LogP contribution in [0, 0.1) is 0 Å². The van der Waals surface area contributed by atoms with Crippen LogP contribution in [0.4, 0.5) is 0 Å². The van der Waals surface area contributed by atoms with Crippen LogP contribution in [0.2, 0.25) is 0 Å². The zero-order valence-corrected chi connectivity index (χ0v) is 33.4. The van der Waals surface area contributed by atoms with Crippen molar-refractivity contribution in [3.05, 3.63) is 12.2 Å². The number of hydrogen-bond donors (Lipinski definition) is 6. The summed E-state index contributed by atoms with van der Waals surface area (Å²) in [5, 5.41) is 20.4. The number of unbranched alkanes of at least 4 members (excludes halogenated alkanes) is 13. The second kappa shape index (κ2) is 27.5. The second-order valence-corrected chi connectivity index (χ2v) is 16.7. The first-order valence-electron chi connectivity index (χ1n) is 19.6. The van der Waals surface area contributed by atoms with Crippen molar-refractivity contribution in [3.8, 4) is 0 Å². The number of nitrogens with two attached hydrogens (primary N) is 2. The SMILES string of the molecule is NCCOP(=O)(O)OC[C@H](O)COC(=O)/C=C/CCCCC[C@H]1O[C@]2(CCCCCCCCCCCCCOCC(N)COS(=O)(=O)O)CC[C@@H](O)[C@H]1O2. The molecule has 2 bridgehead atoms. The number of allylic oxidation sites excluding steroid dienone is 1. The Hall–Kier alpha value is -1.09. The van der Waals surface area contributed by atoms with Crippen LogP contribution in [0.3, 0.4) is 0 Å². The summed E-state index contributed by atoms with van der Waals surface area (Å²) < 4.78 is 77.8. The third-order valence-electron chi connectivity index (χ3n) is 9.23. The molecule has 318 valence electrons. The summed E-state index contributed by atoms with van der Waals surface area (Å²) in [6.07, 6.45) is 19.8. The zero-order chi connectivity index (χ0) is 39.7. The van der Waals surface area contributed by atoms with Crippen molar-refractivity contribution in [3.63, 3.8) is 0 Å². The highest BCUT2D eigenvalue weighted by molar-refractivity contribution is 7.80. The second-order valence-electron chi connectivity index (χ2n) is 14.2. The number of fused-ring (bicyclic) bond motifs is 2. The van der Waals surface area contributed by atoms with Crippen molar-refractivity contribution in [2.45, 2.75) is 158 Å². The van der Waals surface area contributed by atoms with Crippen LogP contribution < -0.4 is 11.5 Å². The number of ether oxygens (including phenoxy) is 4. The van der Waals surface area contributed by atoms with Crippen LogP contribution in [-0.2, 0) is 51.9 Å². The van der Waals surface area contributed by atoms with Gasteiger partial charge in [-0.2, -0.15) is 8.42 Å². The van der Waals surface area contributed by atoms with Crippen molar-refractivity contribution in [2.24, 2.45) is 11.5 Å². The molecule has 0 aromatic heterocycles. The molecule has 0 aromatic rings. The molecule has 2 aliphatic heterocycles. The van der Waals surface area contributed by atoms with Crippen LogP contribution in [-0.4, -0.2) is 116 Å². The predicted octanol–water partition coefficient (Wildman–Crippen LogP) is 3.97. The van der Waals surface area contributed by atoms with Crippen LogP contribution in [0.25, 0.3) is 0 Å². The van der Waals surface area contributed by atoms with Gasteiger partial charge in [0.1, 0.15) is 18.8 Å². The average molecular weight is 819 g/mol. The molecule has 2 aliphatic rings. The number of carbonyl (C=O) groups is 1. The van der Waals surface area contributed by atoms with Gasteiger partial charge in [0.25, 0.3) is 0 Å². The molecule has 0 saturated carbocycles. The molecule has 54 heavy (non-hydrogen) atoms. The molecular formula is C35H67N2O15PS. The van der Waals surface area contributed by atoms with Gasteiger partial charge in [0.2, 0.25) is 0 Å². The van der Waals surface area contributed by atoms with Gasteiger partial charge in [0, 0.05) is 32.1 Å². The summed E-state index contributed by atoms with van der Waals surface area (Å²) in [5.41, 5.74) is 10.9. The van der Waals surface area contributed by atoms with Gasteiger partial charge in [0.15, 0.2) is 5.79 Å². The Morgan fingerprint density at radius 1 is 0.889 bits per heavy atom. The van der Waals surface area contributed by atoms with E-state index in [0.717, 1.165) is 64.2 Å². The number of esters is 1. The maximum absolute atomic E-state index is 11.9. The molecule has 0 aromatic carbocycles. The van der Waals surface area contributed by atoms with E-state index in [4.69, 9.17) is 35.0 Å². The van der Waals surface area contributed by atoms with Gasteiger partial charge in [0.05, 0.1) is 44.7 Å². The molecule has 0 radical (unpaired) electrons. The quantitative estimate of drug-likeness (QED) is 0.0176. The van der Waals surface area contributed by atoms with Gasteiger partial charge in [-0.1, -0.05) is 76.7 Å². The first kappa shape index (κ1) is 49.1. The lowest BCUT2D eigenvalue weighted by Crippen LogP contribution is -2.41. The topological polar surface area (TPSA) is 266 Å². The fourth-order valence-corrected chi connectivity index (χ4v) is 7.52. The average Bonchev–Trinajstić information content (AvgIpc) is 3.43. The minimum absolute atomic E-state index is 0.0370. The number of phosphoric ester groups is 1. The number of carbonyl (C=O) groups excluding carboxylic acids is 1. The Labute approximate surface area is 321 Å². The zero-order valence-electron chi connectivity index (χ0n) is 31.7. The predicted molar refractivity (Wildman–Crippen MR) is 199 cm³/mol. The molecule has 19 heteroatoms. The van der Waals surface area contributed by atoms with Crippen molar-refractivity contribution in [2.75, 3.05) is 46.2 Å². The summed E-state index contributed by atoms with van der Waals surface area (Å²) in [5.74, 6) is -1.22. The molecule has 17 nitrogen and oxygen atoms in total. The van der Waals surface area contributed by atoms with Gasteiger partial charge in [-0.05, 0) is 38.5 Å². The van der Waals surface area contributed by atoms with Crippen molar-refractivity contribution in [1.82, 2.24) is 0 Å². The summed E-state index contributed by atoms with van der Waals surface area (Å²) >= 11 is 0. The van der Waals surface area contributed by atoms with E-state index in [9.17, 15) is 32.9 Å². The van der Waals surface area contributed by atoms with Crippen LogP contribution in [0.15, 0.2) is 12.2 Å². The van der Waals surface area contributed by atoms with Crippen LogP contribution in [0.5, 0.6) is 0 Å². The van der Waals surface area contributed by atoms with Crippen LogP contribution >= 0.6 is 7.82 Å². The van der Waals surface area contributed by atoms with Crippen LogP contribution in [0.1, 0.15) is 122 Å². The summed E-state index contributed by atoms with van der Waals surface area (Å²) in [7, 11) is -8.79. The van der Waals surface area contributed by atoms with Crippen molar-refractivity contribution < 1.29 is 69.6 Å². The molecule has 0 spiro atoms. The van der Waals surface area contributed by atoms with E-state index in [1.807, 2.05) is 0 Å². The minimum Gasteiger partial charge on any atom is -0.460 e. The monoisotopic (exact) mass is 818 g/mol. The molecular weight excluding hydrogens is 751 g/mol. The number of aliphatic hydroxyl groups is 2. The van der Waals surface area contributed by atoms with E-state index in [1.165, 1.54) is 44.6 Å². The van der Waals surface area contributed by atoms with Crippen molar-refractivity contribution >= 4 is 24.2 Å². The van der Waals surface area contributed by atoms with E-state index >= 15 is 0 Å². The molecule has 8 N–H and O–H groups in total. The summed E-state index contributed by atoms with van der Waals surface area (Å²) in [6.45, 7) is -0.647. The van der Waals surface area contributed by atoms with E-state index in [0.29, 0.717) is 25.9 Å². The highest BCUT2D eigenvalue weighted by atomic mass is 32.3. The molecule has 2 heterocycles. The number of hydrogen-bond acceptors (Lipinski definition) is 15. The number of aliphatic hydroxyl groups excluding tert-OH is 2. The molecule has 2 fully saturated rings. The maximum Gasteiger partial charge on any atom is 0.472 e. The van der Waals surface area contributed by atoms with E-state index in [2.05, 4.69) is 13.2 Å². The van der Waals surface area contributed by atoms with Gasteiger partial charge < -0.3 is 45.5 Å². The Morgan fingerprint density at radius 2 is 1.54 bits per heavy atom. The first-order chi connectivity index (χ1) is 25.7. The van der Waals surface area contributed by atoms with Gasteiger partial charge in [-0.3, -0.25) is 13.6 Å². The van der Waals surface area contributed by atoms with Gasteiger partial charge in [-0.25, -0.2) is 13.5 Å². The molecule has 2 unspecified atom stereocenters. The molecule has 0 aliphatic carbocycles. The Kier molecular flexibility index (Phi) is 25.0. The minimum atomic E-state index is -4.47. The van der Waals surface area contributed by atoms with Gasteiger partial charge in [-0.15, -0.1) is 0 Å². The molecule has 2 rings (SSSR count). The van der Waals surface area contributed by atoms with E-state index in [-0.39, 0.29) is 38.6 Å². The summed E-state index contributed by atoms with van der Waals surface area (Å²) in [4.78, 5) is 21.3. The van der Waals surface area contributed by atoms with E-state index < -0.39 is 61.4 Å². The third-order valence-corrected chi connectivity index (χ3v) is 10.6. The van der Waals surface area contributed by atoms with Gasteiger partial charge >= 0.3 is 24.2 Å². The highest BCUT2D eigenvalue weighted by Gasteiger charge is 2.52. The summed E-state index contributed by atoms with van der Waals surface area (Å²) in [6, 6.07) is -0.608. The number of rotatable bonds is 34. The molecule has 7 atom stereocenters. The fourth-order valence-electron chi connectivity index (χ4n) is 6.41. The highest BCUT2D eigenvalue weighted by Crippen LogP contribution is 2.45. The lowest BCUT2D eigenvalue weighted by molar-refractivity contribution is -0.214.